The minimum atomic E-state index is -0.131. The van der Waals surface area contributed by atoms with E-state index in [1.807, 2.05) is 61.5 Å². The van der Waals surface area contributed by atoms with Crippen LogP contribution in [0, 0.1) is 0 Å². The van der Waals surface area contributed by atoms with Crippen molar-refractivity contribution in [2.45, 2.75) is 13.0 Å². The highest BCUT2D eigenvalue weighted by molar-refractivity contribution is 5.94. The first kappa shape index (κ1) is 17.5. The Kier molecular flexibility index (Phi) is 5.68. The summed E-state index contributed by atoms with van der Waals surface area (Å²) in [7, 11) is 2.11. The smallest absolute Gasteiger partial charge is 0.241 e. The molecule has 1 fully saturated rings. The van der Waals surface area contributed by atoms with Crippen LogP contribution in [0.1, 0.15) is 6.92 Å². The molecule has 0 aromatic heterocycles. The third kappa shape index (κ3) is 4.81. The number of ether oxygens (including phenoxy) is 1. The fourth-order valence-electron chi connectivity index (χ4n) is 2.85. The zero-order valence-electron chi connectivity index (χ0n) is 14.8. The van der Waals surface area contributed by atoms with Crippen LogP contribution in [0.4, 0.5) is 5.69 Å². The Morgan fingerprint density at radius 1 is 0.960 bits per heavy atom. The lowest BCUT2D eigenvalue weighted by atomic mass is 10.2. The van der Waals surface area contributed by atoms with Crippen molar-refractivity contribution in [3.63, 3.8) is 0 Å². The molecule has 5 nitrogen and oxygen atoms in total. The molecule has 5 heteroatoms. The molecule has 1 atom stereocenters. The predicted molar refractivity (Wildman–Crippen MR) is 100 cm³/mol. The van der Waals surface area contributed by atoms with Crippen LogP contribution in [0.25, 0.3) is 0 Å². The third-order valence-corrected chi connectivity index (χ3v) is 4.57. The van der Waals surface area contributed by atoms with Crippen molar-refractivity contribution < 1.29 is 9.53 Å². The van der Waals surface area contributed by atoms with Crippen molar-refractivity contribution in [1.29, 1.82) is 0 Å². The van der Waals surface area contributed by atoms with E-state index in [9.17, 15) is 4.79 Å². The summed E-state index contributed by atoms with van der Waals surface area (Å²) in [5, 5.41) is 2.99. The van der Waals surface area contributed by atoms with Gasteiger partial charge in [-0.3, -0.25) is 9.69 Å². The van der Waals surface area contributed by atoms with Crippen LogP contribution in [0.15, 0.2) is 54.6 Å². The Morgan fingerprint density at radius 2 is 1.56 bits per heavy atom. The van der Waals surface area contributed by atoms with Gasteiger partial charge in [-0.05, 0) is 50.4 Å². The van der Waals surface area contributed by atoms with E-state index in [-0.39, 0.29) is 11.9 Å². The lowest BCUT2D eigenvalue weighted by Crippen LogP contribution is -2.51. The van der Waals surface area contributed by atoms with Gasteiger partial charge in [0.15, 0.2) is 0 Å². The minimum absolute atomic E-state index is 0.0290. The molecule has 2 aromatic rings. The van der Waals surface area contributed by atoms with Crippen molar-refractivity contribution in [2.24, 2.45) is 0 Å². The summed E-state index contributed by atoms with van der Waals surface area (Å²) >= 11 is 0. The van der Waals surface area contributed by atoms with E-state index in [0.29, 0.717) is 0 Å². The summed E-state index contributed by atoms with van der Waals surface area (Å²) in [6, 6.07) is 17.0. The highest BCUT2D eigenvalue weighted by Gasteiger charge is 2.24. The quantitative estimate of drug-likeness (QED) is 0.909. The van der Waals surface area contributed by atoms with Gasteiger partial charge in [0, 0.05) is 31.9 Å². The van der Waals surface area contributed by atoms with Crippen LogP contribution in [-0.2, 0) is 4.79 Å². The molecule has 132 valence electrons. The lowest BCUT2D eigenvalue weighted by Gasteiger charge is -2.35. The molecule has 0 saturated carbocycles. The van der Waals surface area contributed by atoms with Crippen molar-refractivity contribution in [2.75, 3.05) is 38.5 Å². The number of para-hydroxylation sites is 1. The molecule has 2 aromatic carbocycles. The van der Waals surface area contributed by atoms with Crippen LogP contribution >= 0.6 is 0 Å². The van der Waals surface area contributed by atoms with Gasteiger partial charge < -0.3 is 15.0 Å². The Morgan fingerprint density at radius 3 is 2.20 bits per heavy atom. The molecular weight excluding hydrogens is 314 g/mol. The lowest BCUT2D eigenvalue weighted by molar-refractivity contribution is -0.121. The second-order valence-electron chi connectivity index (χ2n) is 6.44. The summed E-state index contributed by atoms with van der Waals surface area (Å²) in [5.41, 5.74) is 0.784. The first-order chi connectivity index (χ1) is 12.1. The maximum Gasteiger partial charge on any atom is 0.241 e. The van der Waals surface area contributed by atoms with E-state index in [1.165, 1.54) is 0 Å². The van der Waals surface area contributed by atoms with Crippen LogP contribution in [-0.4, -0.2) is 55.0 Å². The maximum absolute atomic E-state index is 12.5. The summed E-state index contributed by atoms with van der Waals surface area (Å²) in [5.74, 6) is 1.57. The Balaban J connectivity index is 1.54. The number of rotatable bonds is 5. The molecule has 0 aliphatic carbocycles. The Hall–Kier alpha value is -2.37. The number of benzene rings is 2. The molecule has 25 heavy (non-hydrogen) atoms. The molecule has 1 N–H and O–H groups in total. The number of nitrogens with one attached hydrogen (secondary N) is 1. The number of carbonyl (C=O) groups excluding carboxylic acids is 1. The first-order valence-electron chi connectivity index (χ1n) is 8.68. The second kappa shape index (κ2) is 8.14. The molecule has 0 radical (unpaired) electrons. The van der Waals surface area contributed by atoms with Crippen LogP contribution in [0.3, 0.4) is 0 Å². The Bertz CT molecular complexity index is 680. The summed E-state index contributed by atoms with van der Waals surface area (Å²) < 4.78 is 5.77. The standard InChI is InChI=1S/C20H25N3O2/c1-16(23-14-12-22(2)13-15-23)20(24)21-17-8-10-19(11-9-17)25-18-6-4-3-5-7-18/h3-11,16H,12-15H2,1-2H3,(H,21,24)/t16-/m1/s1. The highest BCUT2D eigenvalue weighted by atomic mass is 16.5. The van der Waals surface area contributed by atoms with E-state index in [4.69, 9.17) is 4.74 Å². The fraction of sp³-hybridized carbons (Fsp3) is 0.350. The number of anilines is 1. The van der Waals surface area contributed by atoms with Crippen molar-refractivity contribution in [1.82, 2.24) is 9.80 Å². The molecule has 1 heterocycles. The highest BCUT2D eigenvalue weighted by Crippen LogP contribution is 2.22. The summed E-state index contributed by atoms with van der Waals surface area (Å²) in [6.45, 7) is 5.82. The van der Waals surface area contributed by atoms with Gasteiger partial charge in [0.25, 0.3) is 0 Å². The second-order valence-corrected chi connectivity index (χ2v) is 6.44. The molecule has 1 aliphatic heterocycles. The molecular formula is C20H25N3O2. The number of hydrogen-bond donors (Lipinski definition) is 1. The van der Waals surface area contributed by atoms with Crippen molar-refractivity contribution >= 4 is 11.6 Å². The monoisotopic (exact) mass is 339 g/mol. The van der Waals surface area contributed by atoms with Gasteiger partial charge in [-0.2, -0.15) is 0 Å². The number of piperazine rings is 1. The normalized spacial score (nSPS) is 17.0. The minimum Gasteiger partial charge on any atom is -0.457 e. The molecule has 0 unspecified atom stereocenters. The zero-order valence-corrected chi connectivity index (χ0v) is 14.8. The van der Waals surface area contributed by atoms with Gasteiger partial charge >= 0.3 is 0 Å². The van der Waals surface area contributed by atoms with E-state index in [2.05, 4.69) is 22.2 Å². The largest absolute Gasteiger partial charge is 0.457 e. The van der Waals surface area contributed by atoms with Gasteiger partial charge in [0.1, 0.15) is 11.5 Å². The SMILES string of the molecule is C[C@H](C(=O)Nc1ccc(Oc2ccccc2)cc1)N1CCN(C)CC1. The van der Waals surface area contributed by atoms with Crippen molar-refractivity contribution in [3.8, 4) is 11.5 Å². The molecule has 1 aliphatic rings. The van der Waals surface area contributed by atoms with Crippen molar-refractivity contribution in [3.05, 3.63) is 54.6 Å². The van der Waals surface area contributed by atoms with Gasteiger partial charge in [0.05, 0.1) is 6.04 Å². The Labute approximate surface area is 149 Å². The van der Waals surface area contributed by atoms with Crippen LogP contribution in [0.2, 0.25) is 0 Å². The van der Waals surface area contributed by atoms with Gasteiger partial charge in [-0.25, -0.2) is 0 Å². The van der Waals surface area contributed by atoms with E-state index in [1.54, 1.807) is 0 Å². The topological polar surface area (TPSA) is 44.8 Å². The first-order valence-corrected chi connectivity index (χ1v) is 8.68. The van der Waals surface area contributed by atoms with E-state index < -0.39 is 0 Å². The zero-order chi connectivity index (χ0) is 17.6. The van der Waals surface area contributed by atoms with Gasteiger partial charge in [-0.1, -0.05) is 18.2 Å². The number of likely N-dealkylation sites (N-methyl/N-ethyl adjacent to an activating group) is 1. The number of carbonyl (C=O) groups is 1. The van der Waals surface area contributed by atoms with Gasteiger partial charge in [0.2, 0.25) is 5.91 Å². The molecule has 0 bridgehead atoms. The maximum atomic E-state index is 12.5. The van der Waals surface area contributed by atoms with Crippen LogP contribution < -0.4 is 10.1 Å². The molecule has 3 rings (SSSR count). The van der Waals surface area contributed by atoms with E-state index in [0.717, 1.165) is 43.4 Å². The molecule has 1 amide bonds. The molecule has 0 spiro atoms. The predicted octanol–water partition coefficient (Wildman–Crippen LogP) is 3.05. The van der Waals surface area contributed by atoms with Crippen LogP contribution in [0.5, 0.6) is 11.5 Å². The number of nitrogens with zero attached hydrogens (tertiary/aromatic N) is 2. The average molecular weight is 339 g/mol. The fourth-order valence-corrected chi connectivity index (χ4v) is 2.85. The summed E-state index contributed by atoms with van der Waals surface area (Å²) in [6.07, 6.45) is 0. The summed E-state index contributed by atoms with van der Waals surface area (Å²) in [4.78, 5) is 17.0. The third-order valence-electron chi connectivity index (χ3n) is 4.57. The number of hydrogen-bond acceptors (Lipinski definition) is 4. The average Bonchev–Trinajstić information content (AvgIpc) is 2.64. The van der Waals surface area contributed by atoms with Gasteiger partial charge in [-0.15, -0.1) is 0 Å². The number of amides is 1. The molecule has 1 saturated heterocycles. The van der Waals surface area contributed by atoms with E-state index >= 15 is 0 Å².